The number of carbonyl (C=O) groups is 1. The number of benzene rings is 2. The van der Waals surface area contributed by atoms with Crippen molar-refractivity contribution in [2.75, 3.05) is 7.05 Å². The molecule has 1 aliphatic carbocycles. The van der Waals surface area contributed by atoms with Crippen molar-refractivity contribution < 1.29 is 4.79 Å². The van der Waals surface area contributed by atoms with Crippen molar-refractivity contribution in [2.24, 2.45) is 0 Å². The van der Waals surface area contributed by atoms with Crippen molar-refractivity contribution in [1.29, 1.82) is 0 Å². The van der Waals surface area contributed by atoms with Gasteiger partial charge in [0.2, 0.25) is 0 Å². The van der Waals surface area contributed by atoms with E-state index in [2.05, 4.69) is 23.3 Å². The normalized spacial score (nSPS) is 15.7. The number of nitrogens with zero attached hydrogens (tertiary/aromatic N) is 3. The smallest absolute Gasteiger partial charge is 0.257 e. The Morgan fingerprint density at radius 3 is 2.85 bits per heavy atom. The highest BCUT2D eigenvalue weighted by Gasteiger charge is 2.29. The molecule has 3 aromatic rings. The van der Waals surface area contributed by atoms with Crippen LogP contribution in [0.25, 0.3) is 0 Å². The molecule has 0 spiro atoms. The van der Waals surface area contributed by atoms with Crippen molar-refractivity contribution in [3.05, 3.63) is 88.2 Å². The standard InChI is InChI=1S/C21H20ClN3O/c1-24(20-11-10-15-6-2-4-8-18(15)20)21(26)17-12-23-25(14-17)13-16-7-3-5-9-19(16)22/h2-9,12,14,20H,10-11,13H2,1H3. The third kappa shape index (κ3) is 3.13. The number of halogens is 1. The van der Waals surface area contributed by atoms with Gasteiger partial charge in [-0.05, 0) is 35.6 Å². The predicted molar refractivity (Wildman–Crippen MR) is 102 cm³/mol. The first kappa shape index (κ1) is 16.9. The van der Waals surface area contributed by atoms with Gasteiger partial charge < -0.3 is 4.90 Å². The third-order valence-electron chi connectivity index (χ3n) is 5.06. The van der Waals surface area contributed by atoms with Crippen LogP contribution in [0.4, 0.5) is 0 Å². The fraction of sp³-hybridized carbons (Fsp3) is 0.238. The average molecular weight is 366 g/mol. The van der Waals surface area contributed by atoms with Gasteiger partial charge in [-0.15, -0.1) is 0 Å². The van der Waals surface area contributed by atoms with Crippen LogP contribution in [-0.4, -0.2) is 27.6 Å². The number of aromatic nitrogens is 2. The summed E-state index contributed by atoms with van der Waals surface area (Å²) in [7, 11) is 1.88. The van der Waals surface area contributed by atoms with Crippen molar-refractivity contribution in [3.63, 3.8) is 0 Å². The number of hydrogen-bond acceptors (Lipinski definition) is 2. The molecule has 0 aliphatic heterocycles. The van der Waals surface area contributed by atoms with E-state index < -0.39 is 0 Å². The van der Waals surface area contributed by atoms with Gasteiger partial charge in [0, 0.05) is 18.3 Å². The molecule has 132 valence electrons. The Bertz CT molecular complexity index is 950. The zero-order valence-corrected chi connectivity index (χ0v) is 15.4. The van der Waals surface area contributed by atoms with Crippen LogP contribution in [0.5, 0.6) is 0 Å². The lowest BCUT2D eigenvalue weighted by atomic mass is 10.1. The Balaban J connectivity index is 1.51. The molecule has 0 N–H and O–H groups in total. The maximum absolute atomic E-state index is 12.9. The van der Waals surface area contributed by atoms with Gasteiger partial charge >= 0.3 is 0 Å². The summed E-state index contributed by atoms with van der Waals surface area (Å²) in [5.74, 6) is -0.00267. The molecular formula is C21H20ClN3O. The third-order valence-corrected chi connectivity index (χ3v) is 5.43. The number of amides is 1. The largest absolute Gasteiger partial charge is 0.335 e. The Morgan fingerprint density at radius 1 is 1.23 bits per heavy atom. The minimum absolute atomic E-state index is 0.00267. The van der Waals surface area contributed by atoms with Gasteiger partial charge in [0.25, 0.3) is 5.91 Å². The molecule has 4 rings (SSSR count). The van der Waals surface area contributed by atoms with Gasteiger partial charge in [0.1, 0.15) is 0 Å². The van der Waals surface area contributed by atoms with Crippen LogP contribution >= 0.6 is 11.6 Å². The predicted octanol–water partition coefficient (Wildman–Crippen LogP) is 4.34. The quantitative estimate of drug-likeness (QED) is 0.689. The van der Waals surface area contributed by atoms with E-state index in [4.69, 9.17) is 11.6 Å². The summed E-state index contributed by atoms with van der Waals surface area (Å²) in [5.41, 5.74) is 4.18. The van der Waals surface area contributed by atoms with E-state index in [0.29, 0.717) is 17.1 Å². The second-order valence-corrected chi connectivity index (χ2v) is 7.09. The van der Waals surface area contributed by atoms with E-state index in [9.17, 15) is 4.79 Å². The lowest BCUT2D eigenvalue weighted by Gasteiger charge is -2.25. The molecule has 0 saturated carbocycles. The first-order valence-electron chi connectivity index (χ1n) is 8.74. The highest BCUT2D eigenvalue weighted by atomic mass is 35.5. The van der Waals surface area contributed by atoms with Gasteiger partial charge in [-0.2, -0.15) is 5.10 Å². The van der Waals surface area contributed by atoms with Crippen molar-refractivity contribution in [2.45, 2.75) is 25.4 Å². The summed E-state index contributed by atoms with van der Waals surface area (Å²) in [5, 5.41) is 5.04. The van der Waals surface area contributed by atoms with Crippen LogP contribution < -0.4 is 0 Å². The fourth-order valence-corrected chi connectivity index (χ4v) is 3.84. The van der Waals surface area contributed by atoms with Crippen molar-refractivity contribution in [1.82, 2.24) is 14.7 Å². The molecule has 26 heavy (non-hydrogen) atoms. The summed E-state index contributed by atoms with van der Waals surface area (Å²) in [6.45, 7) is 0.545. The second-order valence-electron chi connectivity index (χ2n) is 6.69. The Morgan fingerprint density at radius 2 is 2.00 bits per heavy atom. The molecule has 0 fully saturated rings. The van der Waals surface area contributed by atoms with Crippen LogP contribution in [0.3, 0.4) is 0 Å². The SMILES string of the molecule is CN(C(=O)c1cnn(Cc2ccccc2Cl)c1)C1CCc2ccccc21. The number of fused-ring (bicyclic) bond motifs is 1. The maximum atomic E-state index is 12.9. The summed E-state index contributed by atoms with van der Waals surface area (Å²) in [6, 6.07) is 16.2. The number of rotatable bonds is 4. The van der Waals surface area contributed by atoms with E-state index in [-0.39, 0.29) is 11.9 Å². The lowest BCUT2D eigenvalue weighted by molar-refractivity contribution is 0.0730. The lowest BCUT2D eigenvalue weighted by Crippen LogP contribution is -2.29. The maximum Gasteiger partial charge on any atom is 0.257 e. The molecule has 1 aliphatic rings. The van der Waals surface area contributed by atoms with Gasteiger partial charge in [-0.1, -0.05) is 54.1 Å². The molecule has 1 atom stereocenters. The van der Waals surface area contributed by atoms with Crippen LogP contribution in [0.15, 0.2) is 60.9 Å². The Hall–Kier alpha value is -2.59. The van der Waals surface area contributed by atoms with E-state index >= 15 is 0 Å². The Kier molecular flexibility index (Phi) is 4.51. The molecule has 1 aromatic heterocycles. The molecule has 1 amide bonds. The van der Waals surface area contributed by atoms with Gasteiger partial charge in [-0.3, -0.25) is 9.48 Å². The molecule has 5 heteroatoms. The van der Waals surface area contributed by atoms with Crippen LogP contribution in [0.2, 0.25) is 5.02 Å². The van der Waals surface area contributed by atoms with Gasteiger partial charge in [-0.25, -0.2) is 0 Å². The molecule has 2 aromatic carbocycles. The minimum Gasteiger partial charge on any atom is -0.335 e. The number of hydrogen-bond donors (Lipinski definition) is 0. The van der Waals surface area contributed by atoms with E-state index in [0.717, 1.165) is 18.4 Å². The first-order valence-corrected chi connectivity index (χ1v) is 9.12. The summed E-state index contributed by atoms with van der Waals surface area (Å²) in [4.78, 5) is 14.8. The zero-order chi connectivity index (χ0) is 18.1. The second kappa shape index (κ2) is 6.96. The zero-order valence-electron chi connectivity index (χ0n) is 14.6. The number of carbonyl (C=O) groups excluding carboxylic acids is 1. The van der Waals surface area contributed by atoms with Crippen LogP contribution in [0, 0.1) is 0 Å². The van der Waals surface area contributed by atoms with E-state index in [1.54, 1.807) is 17.1 Å². The molecule has 4 nitrogen and oxygen atoms in total. The van der Waals surface area contributed by atoms with E-state index in [1.807, 2.05) is 42.3 Å². The summed E-state index contributed by atoms with van der Waals surface area (Å²) in [6.07, 6.45) is 5.42. The highest BCUT2D eigenvalue weighted by molar-refractivity contribution is 6.31. The molecule has 1 unspecified atom stereocenters. The molecule has 0 saturated heterocycles. The molecule has 0 bridgehead atoms. The first-order chi connectivity index (χ1) is 12.6. The number of aryl methyl sites for hydroxylation is 1. The monoisotopic (exact) mass is 365 g/mol. The molecular weight excluding hydrogens is 346 g/mol. The summed E-state index contributed by atoms with van der Waals surface area (Å²) < 4.78 is 1.75. The molecule has 0 radical (unpaired) electrons. The van der Waals surface area contributed by atoms with Crippen LogP contribution in [-0.2, 0) is 13.0 Å². The topological polar surface area (TPSA) is 38.1 Å². The van der Waals surface area contributed by atoms with E-state index in [1.165, 1.54) is 11.1 Å². The summed E-state index contributed by atoms with van der Waals surface area (Å²) >= 11 is 6.21. The Labute approximate surface area is 158 Å². The fourth-order valence-electron chi connectivity index (χ4n) is 3.64. The van der Waals surface area contributed by atoms with Gasteiger partial charge in [0.15, 0.2) is 0 Å². The van der Waals surface area contributed by atoms with Gasteiger partial charge in [0.05, 0.1) is 24.3 Å². The van der Waals surface area contributed by atoms with Crippen molar-refractivity contribution in [3.8, 4) is 0 Å². The average Bonchev–Trinajstić information content (AvgIpc) is 3.29. The van der Waals surface area contributed by atoms with Crippen LogP contribution in [0.1, 0.15) is 39.5 Å². The van der Waals surface area contributed by atoms with Crippen molar-refractivity contribution >= 4 is 17.5 Å². The molecule has 1 heterocycles. The minimum atomic E-state index is -0.00267. The highest BCUT2D eigenvalue weighted by Crippen LogP contribution is 2.35.